The standard InChI is InChI=1S/C9H18N2O3/c1-6-4-11(3)5-14-8(6)7(10-2)9(12)13/h6-8,10H,4-5H2,1-3H3,(H,12,13)/t6-,7+,8-/m1/s1. The summed E-state index contributed by atoms with van der Waals surface area (Å²) >= 11 is 0. The summed E-state index contributed by atoms with van der Waals surface area (Å²) in [5, 5.41) is 11.7. The van der Waals surface area contributed by atoms with Gasteiger partial charge in [0.25, 0.3) is 0 Å². The number of likely N-dealkylation sites (N-methyl/N-ethyl adjacent to an activating group) is 1. The van der Waals surface area contributed by atoms with E-state index in [1.165, 1.54) is 0 Å². The lowest BCUT2D eigenvalue weighted by molar-refractivity contribution is -0.153. The summed E-state index contributed by atoms with van der Waals surface area (Å²) < 4.78 is 5.50. The molecule has 0 spiro atoms. The highest BCUT2D eigenvalue weighted by molar-refractivity contribution is 5.74. The Morgan fingerprint density at radius 2 is 2.36 bits per heavy atom. The molecule has 1 rings (SSSR count). The number of nitrogens with zero attached hydrogens (tertiary/aromatic N) is 1. The highest BCUT2D eigenvalue weighted by atomic mass is 16.5. The number of carboxylic acids is 1. The molecule has 2 N–H and O–H groups in total. The number of carboxylic acid groups (broad SMARTS) is 1. The van der Waals surface area contributed by atoms with Crippen LogP contribution in [0.4, 0.5) is 0 Å². The average Bonchev–Trinajstić information content (AvgIpc) is 2.09. The van der Waals surface area contributed by atoms with Crippen LogP contribution in [0.3, 0.4) is 0 Å². The molecule has 1 aliphatic heterocycles. The minimum absolute atomic E-state index is 0.224. The first-order chi connectivity index (χ1) is 6.56. The van der Waals surface area contributed by atoms with Gasteiger partial charge in [-0.05, 0) is 20.0 Å². The highest BCUT2D eigenvalue weighted by Gasteiger charge is 2.35. The van der Waals surface area contributed by atoms with Crippen molar-refractivity contribution < 1.29 is 14.6 Å². The van der Waals surface area contributed by atoms with Gasteiger partial charge in [0.2, 0.25) is 0 Å². The minimum atomic E-state index is -0.853. The minimum Gasteiger partial charge on any atom is -0.480 e. The number of nitrogens with one attached hydrogen (secondary N) is 1. The van der Waals surface area contributed by atoms with Crippen LogP contribution < -0.4 is 5.32 Å². The van der Waals surface area contributed by atoms with Crippen LogP contribution >= 0.6 is 0 Å². The lowest BCUT2D eigenvalue weighted by atomic mass is 9.96. The summed E-state index contributed by atoms with van der Waals surface area (Å²) in [4.78, 5) is 12.9. The smallest absolute Gasteiger partial charge is 0.323 e. The summed E-state index contributed by atoms with van der Waals surface area (Å²) in [6.45, 7) is 3.38. The summed E-state index contributed by atoms with van der Waals surface area (Å²) in [6.07, 6.45) is -0.242. The zero-order valence-electron chi connectivity index (χ0n) is 8.86. The van der Waals surface area contributed by atoms with E-state index < -0.39 is 12.0 Å². The molecular weight excluding hydrogens is 184 g/mol. The van der Waals surface area contributed by atoms with Crippen LogP contribution in [0.15, 0.2) is 0 Å². The maximum atomic E-state index is 10.9. The lowest BCUT2D eigenvalue weighted by Crippen LogP contribution is -2.54. The van der Waals surface area contributed by atoms with E-state index in [0.717, 1.165) is 6.54 Å². The van der Waals surface area contributed by atoms with E-state index in [4.69, 9.17) is 9.84 Å². The summed E-state index contributed by atoms with van der Waals surface area (Å²) in [5.74, 6) is -0.629. The van der Waals surface area contributed by atoms with Gasteiger partial charge in [-0.1, -0.05) is 6.92 Å². The molecule has 0 aromatic heterocycles. The third-order valence-corrected chi connectivity index (χ3v) is 2.55. The SMILES string of the molecule is CN[C@H](C(=O)O)[C@@H]1OCN(C)C[C@H]1C. The zero-order valence-corrected chi connectivity index (χ0v) is 8.86. The van der Waals surface area contributed by atoms with Crippen molar-refractivity contribution in [1.82, 2.24) is 10.2 Å². The third kappa shape index (κ3) is 2.43. The number of hydrogen-bond donors (Lipinski definition) is 2. The number of rotatable bonds is 3. The van der Waals surface area contributed by atoms with Crippen LogP contribution in [-0.4, -0.2) is 55.5 Å². The predicted octanol–water partition coefficient (Wildman–Crippen LogP) is -0.417. The van der Waals surface area contributed by atoms with E-state index in [1.807, 2.05) is 18.9 Å². The van der Waals surface area contributed by atoms with Gasteiger partial charge in [-0.2, -0.15) is 0 Å². The molecule has 0 aliphatic carbocycles. The van der Waals surface area contributed by atoms with Crippen LogP contribution in [0.2, 0.25) is 0 Å². The monoisotopic (exact) mass is 202 g/mol. The maximum absolute atomic E-state index is 10.9. The number of carbonyl (C=O) groups is 1. The van der Waals surface area contributed by atoms with Gasteiger partial charge in [-0.15, -0.1) is 0 Å². The summed E-state index contributed by atoms with van der Waals surface area (Å²) in [5.41, 5.74) is 0. The highest BCUT2D eigenvalue weighted by Crippen LogP contribution is 2.18. The van der Waals surface area contributed by atoms with Crippen molar-refractivity contribution >= 4 is 5.97 Å². The fraction of sp³-hybridized carbons (Fsp3) is 0.889. The van der Waals surface area contributed by atoms with Gasteiger partial charge in [0, 0.05) is 6.54 Å². The molecule has 1 heterocycles. The molecule has 0 bridgehead atoms. The molecular formula is C9H18N2O3. The van der Waals surface area contributed by atoms with E-state index in [1.54, 1.807) is 7.05 Å². The molecule has 0 amide bonds. The molecule has 0 saturated carbocycles. The van der Waals surface area contributed by atoms with Crippen molar-refractivity contribution in [3.63, 3.8) is 0 Å². The van der Waals surface area contributed by atoms with Gasteiger partial charge in [0.05, 0.1) is 12.8 Å². The Hall–Kier alpha value is -0.650. The van der Waals surface area contributed by atoms with Crippen LogP contribution in [0.5, 0.6) is 0 Å². The van der Waals surface area contributed by atoms with E-state index in [9.17, 15) is 4.79 Å². The molecule has 1 saturated heterocycles. The largest absolute Gasteiger partial charge is 0.480 e. The van der Waals surface area contributed by atoms with E-state index >= 15 is 0 Å². The maximum Gasteiger partial charge on any atom is 0.323 e. The van der Waals surface area contributed by atoms with Crippen molar-refractivity contribution in [2.75, 3.05) is 27.4 Å². The van der Waals surface area contributed by atoms with Crippen molar-refractivity contribution in [2.24, 2.45) is 5.92 Å². The second-order valence-corrected chi connectivity index (χ2v) is 3.88. The van der Waals surface area contributed by atoms with Crippen LogP contribution in [-0.2, 0) is 9.53 Å². The Balaban J connectivity index is 2.62. The molecule has 82 valence electrons. The number of aliphatic carboxylic acids is 1. The predicted molar refractivity (Wildman–Crippen MR) is 52.0 cm³/mol. The fourth-order valence-electron chi connectivity index (χ4n) is 1.88. The zero-order chi connectivity index (χ0) is 10.7. The van der Waals surface area contributed by atoms with Gasteiger partial charge < -0.3 is 15.2 Å². The first-order valence-electron chi connectivity index (χ1n) is 4.76. The molecule has 0 aromatic carbocycles. The van der Waals surface area contributed by atoms with Gasteiger partial charge in [-0.25, -0.2) is 0 Å². The molecule has 0 aromatic rings. The summed E-state index contributed by atoms with van der Waals surface area (Å²) in [7, 11) is 3.61. The van der Waals surface area contributed by atoms with Crippen molar-refractivity contribution in [1.29, 1.82) is 0 Å². The molecule has 0 unspecified atom stereocenters. The van der Waals surface area contributed by atoms with Gasteiger partial charge >= 0.3 is 5.97 Å². The molecule has 1 aliphatic rings. The Bertz CT molecular complexity index is 210. The second-order valence-electron chi connectivity index (χ2n) is 3.88. The average molecular weight is 202 g/mol. The van der Waals surface area contributed by atoms with Crippen LogP contribution in [0, 0.1) is 5.92 Å². The number of hydrogen-bond acceptors (Lipinski definition) is 4. The van der Waals surface area contributed by atoms with Crippen molar-refractivity contribution in [2.45, 2.75) is 19.1 Å². The Kier molecular flexibility index (Phi) is 3.86. The normalized spacial score (nSPS) is 31.4. The Morgan fingerprint density at radius 1 is 1.71 bits per heavy atom. The van der Waals surface area contributed by atoms with Crippen LogP contribution in [0.25, 0.3) is 0 Å². The molecule has 1 fully saturated rings. The molecule has 3 atom stereocenters. The second kappa shape index (κ2) is 4.72. The molecule has 14 heavy (non-hydrogen) atoms. The Morgan fingerprint density at radius 3 is 2.79 bits per heavy atom. The topological polar surface area (TPSA) is 61.8 Å². The molecule has 0 radical (unpaired) electrons. The first kappa shape index (κ1) is 11.4. The number of ether oxygens (including phenoxy) is 1. The molecule has 5 nitrogen and oxygen atoms in total. The van der Waals surface area contributed by atoms with Crippen molar-refractivity contribution in [3.05, 3.63) is 0 Å². The van der Waals surface area contributed by atoms with E-state index in [2.05, 4.69) is 5.32 Å². The quantitative estimate of drug-likeness (QED) is 0.651. The fourth-order valence-corrected chi connectivity index (χ4v) is 1.88. The first-order valence-corrected chi connectivity index (χ1v) is 4.76. The lowest BCUT2D eigenvalue weighted by Gasteiger charge is -2.37. The molecule has 5 heteroatoms. The Labute approximate surface area is 84.0 Å². The van der Waals surface area contributed by atoms with E-state index in [-0.39, 0.29) is 12.0 Å². The third-order valence-electron chi connectivity index (χ3n) is 2.55. The van der Waals surface area contributed by atoms with Gasteiger partial charge in [0.15, 0.2) is 0 Å². The van der Waals surface area contributed by atoms with Crippen LogP contribution in [0.1, 0.15) is 6.92 Å². The van der Waals surface area contributed by atoms with E-state index in [0.29, 0.717) is 6.73 Å². The van der Waals surface area contributed by atoms with Crippen molar-refractivity contribution in [3.8, 4) is 0 Å². The summed E-state index contributed by atoms with van der Waals surface area (Å²) in [6, 6.07) is -0.612. The van der Waals surface area contributed by atoms with Gasteiger partial charge in [-0.3, -0.25) is 9.69 Å². The van der Waals surface area contributed by atoms with Gasteiger partial charge in [0.1, 0.15) is 6.04 Å².